The van der Waals surface area contributed by atoms with Crippen LogP contribution < -0.4 is 11.2 Å². The number of benzene rings is 1. The van der Waals surface area contributed by atoms with Gasteiger partial charge in [-0.1, -0.05) is 18.2 Å². The quantitative estimate of drug-likeness (QED) is 0.283. The first-order chi connectivity index (χ1) is 14.5. The van der Waals surface area contributed by atoms with Crippen LogP contribution in [0.4, 0.5) is 5.82 Å². The van der Waals surface area contributed by atoms with Gasteiger partial charge >= 0.3 is 23.6 Å². The van der Waals surface area contributed by atoms with E-state index in [9.17, 15) is 19.2 Å². The molecule has 12 nitrogen and oxygen atoms in total. The fourth-order valence-corrected chi connectivity index (χ4v) is 3.16. The predicted molar refractivity (Wildman–Crippen MR) is 94.3 cm³/mol. The van der Waals surface area contributed by atoms with Gasteiger partial charge in [-0.3, -0.25) is 15.3 Å². The summed E-state index contributed by atoms with van der Waals surface area (Å²) in [6.45, 7) is -0.325. The number of rotatable bonds is 5. The first-order valence-corrected chi connectivity index (χ1v) is 8.76. The summed E-state index contributed by atoms with van der Waals surface area (Å²) in [6, 6.07) is 9.48. The lowest BCUT2D eigenvalue weighted by atomic mass is 10.1. The van der Waals surface area contributed by atoms with Gasteiger partial charge in [0.2, 0.25) is 0 Å². The minimum absolute atomic E-state index is 0.105. The SMILES string of the molecule is O=C1OC2C(OC1=O)[C@@H](COC(=O)c1ccccc1)O[C@H]2n1ccc(NO)nc1=O. The summed E-state index contributed by atoms with van der Waals surface area (Å²) < 4.78 is 22.2. The zero-order valence-electron chi connectivity index (χ0n) is 15.2. The van der Waals surface area contributed by atoms with E-state index in [1.54, 1.807) is 35.8 Å². The van der Waals surface area contributed by atoms with Crippen molar-refractivity contribution in [2.24, 2.45) is 0 Å². The number of anilines is 1. The lowest BCUT2D eigenvalue weighted by Crippen LogP contribution is -2.48. The fourth-order valence-electron chi connectivity index (χ4n) is 3.16. The number of hydrogen-bond donors (Lipinski definition) is 2. The first kappa shape index (κ1) is 19.5. The third-order valence-corrected chi connectivity index (χ3v) is 4.55. The van der Waals surface area contributed by atoms with Crippen LogP contribution in [-0.2, 0) is 28.5 Å². The van der Waals surface area contributed by atoms with Gasteiger partial charge in [0.1, 0.15) is 12.7 Å². The van der Waals surface area contributed by atoms with Crippen molar-refractivity contribution >= 4 is 23.7 Å². The van der Waals surface area contributed by atoms with Gasteiger partial charge in [0.25, 0.3) is 0 Å². The van der Waals surface area contributed by atoms with Crippen molar-refractivity contribution in [2.75, 3.05) is 12.1 Å². The molecular formula is C18H15N3O9. The molecule has 2 aromatic rings. The predicted octanol–water partition coefficient (Wildman–Crippen LogP) is -0.364. The highest BCUT2D eigenvalue weighted by Gasteiger charge is 2.55. The topological polar surface area (TPSA) is 155 Å². The van der Waals surface area contributed by atoms with Crippen LogP contribution in [0.5, 0.6) is 0 Å². The summed E-state index contributed by atoms with van der Waals surface area (Å²) in [5.41, 5.74) is 1.22. The molecule has 2 N–H and O–H groups in total. The third kappa shape index (κ3) is 3.60. The van der Waals surface area contributed by atoms with E-state index in [0.717, 1.165) is 4.57 Å². The number of fused-ring (bicyclic) bond motifs is 1. The largest absolute Gasteiger partial charge is 0.459 e. The van der Waals surface area contributed by atoms with Crippen LogP contribution in [0.1, 0.15) is 16.6 Å². The van der Waals surface area contributed by atoms with Crippen molar-refractivity contribution in [3.05, 3.63) is 58.6 Å². The van der Waals surface area contributed by atoms with Gasteiger partial charge in [-0.2, -0.15) is 4.98 Å². The van der Waals surface area contributed by atoms with Crippen LogP contribution in [0.3, 0.4) is 0 Å². The molecule has 3 heterocycles. The highest BCUT2D eigenvalue weighted by atomic mass is 16.7. The Bertz CT molecular complexity index is 1040. The molecule has 1 aromatic heterocycles. The highest BCUT2D eigenvalue weighted by molar-refractivity contribution is 6.30. The Hall–Kier alpha value is -3.77. The minimum Gasteiger partial charge on any atom is -0.459 e. The Morgan fingerprint density at radius 1 is 1.10 bits per heavy atom. The normalized spacial score (nSPS) is 25.1. The second kappa shape index (κ2) is 7.93. The summed E-state index contributed by atoms with van der Waals surface area (Å²) in [6.07, 6.45) is -3.22. The summed E-state index contributed by atoms with van der Waals surface area (Å²) in [7, 11) is 0. The van der Waals surface area contributed by atoms with Crippen LogP contribution in [0.2, 0.25) is 0 Å². The number of hydrogen-bond acceptors (Lipinski definition) is 11. The molecule has 0 saturated carbocycles. The Labute approximate surface area is 167 Å². The van der Waals surface area contributed by atoms with Gasteiger partial charge in [0, 0.05) is 6.20 Å². The van der Waals surface area contributed by atoms with Crippen molar-refractivity contribution in [2.45, 2.75) is 24.5 Å². The van der Waals surface area contributed by atoms with Crippen LogP contribution >= 0.6 is 0 Å². The molecule has 2 unspecified atom stereocenters. The second-order valence-corrected chi connectivity index (χ2v) is 6.38. The van der Waals surface area contributed by atoms with E-state index in [-0.39, 0.29) is 12.4 Å². The van der Waals surface area contributed by atoms with Gasteiger partial charge in [-0.15, -0.1) is 0 Å². The van der Waals surface area contributed by atoms with E-state index in [0.29, 0.717) is 5.56 Å². The van der Waals surface area contributed by atoms with Gasteiger partial charge in [-0.05, 0) is 18.2 Å². The average Bonchev–Trinajstić information content (AvgIpc) is 3.09. The maximum atomic E-state index is 12.3. The summed E-state index contributed by atoms with van der Waals surface area (Å²) in [5.74, 6) is -3.19. The molecule has 2 saturated heterocycles. The fraction of sp³-hybridized carbons (Fsp3) is 0.278. The molecule has 0 spiro atoms. The Morgan fingerprint density at radius 2 is 1.80 bits per heavy atom. The number of carbonyl (C=O) groups is 3. The molecule has 0 bridgehead atoms. The van der Waals surface area contributed by atoms with Crippen molar-refractivity contribution in [1.29, 1.82) is 0 Å². The van der Waals surface area contributed by atoms with E-state index in [1.807, 2.05) is 0 Å². The lowest BCUT2D eigenvalue weighted by Gasteiger charge is -2.27. The molecule has 2 aliphatic rings. The van der Waals surface area contributed by atoms with E-state index < -0.39 is 48.1 Å². The molecule has 0 radical (unpaired) electrons. The van der Waals surface area contributed by atoms with E-state index in [1.165, 1.54) is 12.3 Å². The molecule has 4 rings (SSSR count). The molecule has 156 valence electrons. The van der Waals surface area contributed by atoms with Crippen LogP contribution in [0, 0.1) is 0 Å². The Balaban J connectivity index is 1.56. The number of esters is 3. The maximum absolute atomic E-state index is 12.3. The second-order valence-electron chi connectivity index (χ2n) is 6.38. The Morgan fingerprint density at radius 3 is 2.47 bits per heavy atom. The molecule has 0 aliphatic carbocycles. The van der Waals surface area contributed by atoms with Crippen LogP contribution in [-0.4, -0.2) is 57.6 Å². The summed E-state index contributed by atoms with van der Waals surface area (Å²) >= 11 is 0. The third-order valence-electron chi connectivity index (χ3n) is 4.55. The summed E-state index contributed by atoms with van der Waals surface area (Å²) in [5, 5.41) is 8.86. The molecule has 4 atom stereocenters. The molecule has 30 heavy (non-hydrogen) atoms. The number of ether oxygens (including phenoxy) is 4. The molecule has 12 heteroatoms. The zero-order valence-corrected chi connectivity index (χ0v) is 15.2. The van der Waals surface area contributed by atoms with E-state index in [4.69, 9.17) is 24.2 Å². The number of carbonyl (C=O) groups excluding carboxylic acids is 3. The summed E-state index contributed by atoms with van der Waals surface area (Å²) in [4.78, 5) is 51.3. The first-order valence-electron chi connectivity index (χ1n) is 8.76. The maximum Gasteiger partial charge on any atom is 0.418 e. The average molecular weight is 417 g/mol. The minimum atomic E-state index is -1.23. The molecule has 0 amide bonds. The standard InChI is InChI=1S/C18H15N3O9/c22-15(9-4-2-1-3-5-9)27-8-10-12-13(30-17(24)16(23)29-12)14(28-10)21-7-6-11(20-26)19-18(21)25/h1-7,10,12-14,26H,8H2,(H,19,20,25)/t10-,12?,13?,14-/m1/s1. The monoisotopic (exact) mass is 417 g/mol. The molecule has 1 aromatic carbocycles. The zero-order chi connectivity index (χ0) is 21.3. The molecule has 2 aliphatic heterocycles. The van der Waals surface area contributed by atoms with Crippen molar-refractivity contribution < 1.29 is 38.5 Å². The lowest BCUT2D eigenvalue weighted by molar-refractivity contribution is -0.195. The van der Waals surface area contributed by atoms with Crippen LogP contribution in [0.25, 0.3) is 0 Å². The van der Waals surface area contributed by atoms with E-state index in [2.05, 4.69) is 4.98 Å². The Kier molecular flexibility index (Phi) is 5.16. The van der Waals surface area contributed by atoms with Crippen LogP contribution in [0.15, 0.2) is 47.4 Å². The molecule has 2 fully saturated rings. The van der Waals surface area contributed by atoms with E-state index >= 15 is 0 Å². The highest BCUT2D eigenvalue weighted by Crippen LogP contribution is 2.35. The smallest absolute Gasteiger partial charge is 0.418 e. The van der Waals surface area contributed by atoms with Crippen molar-refractivity contribution in [3.8, 4) is 0 Å². The van der Waals surface area contributed by atoms with Gasteiger partial charge < -0.3 is 18.9 Å². The number of aromatic nitrogens is 2. The molecular weight excluding hydrogens is 402 g/mol. The number of nitrogens with zero attached hydrogens (tertiary/aromatic N) is 2. The number of nitrogens with one attached hydrogen (secondary N) is 1. The van der Waals surface area contributed by atoms with Crippen molar-refractivity contribution in [3.63, 3.8) is 0 Å². The van der Waals surface area contributed by atoms with Gasteiger partial charge in [0.05, 0.1) is 5.56 Å². The van der Waals surface area contributed by atoms with Gasteiger partial charge in [-0.25, -0.2) is 19.2 Å². The van der Waals surface area contributed by atoms with Crippen molar-refractivity contribution in [1.82, 2.24) is 9.55 Å². The van der Waals surface area contributed by atoms with Gasteiger partial charge in [0.15, 0.2) is 24.3 Å².